The molecule has 6 heteroatoms. The number of fused-ring (bicyclic) bond motifs is 1. The van der Waals surface area contributed by atoms with Gasteiger partial charge in [0.2, 0.25) is 5.95 Å². The molecule has 0 unspecified atom stereocenters. The summed E-state index contributed by atoms with van der Waals surface area (Å²) in [7, 11) is 0. The summed E-state index contributed by atoms with van der Waals surface area (Å²) in [5.74, 6) is 0.132. The molecule has 3 aromatic rings. The number of halogens is 1. The molecule has 0 aliphatic rings. The van der Waals surface area contributed by atoms with Gasteiger partial charge in [0.05, 0.1) is 16.0 Å². The van der Waals surface area contributed by atoms with Crippen LogP contribution in [0, 0.1) is 12.7 Å². The van der Waals surface area contributed by atoms with Gasteiger partial charge in [-0.05, 0) is 25.1 Å². The first-order valence-electron chi connectivity index (χ1n) is 5.96. The second kappa shape index (κ2) is 4.62. The van der Waals surface area contributed by atoms with Crippen LogP contribution >= 0.6 is 11.3 Å². The zero-order valence-corrected chi connectivity index (χ0v) is 11.2. The Morgan fingerprint density at radius 2 is 2.21 bits per heavy atom. The third kappa shape index (κ3) is 2.31. The number of nitrogens with zero attached hydrogens (tertiary/aromatic N) is 3. The Bertz CT molecular complexity index is 731. The second-order valence-corrected chi connectivity index (χ2v) is 5.33. The molecule has 4 nitrogen and oxygen atoms in total. The SMILES string of the molecule is Cc1csc(CCn2c(N)nc3ccc(F)cc32)n1. The molecule has 2 aromatic heterocycles. The minimum absolute atomic E-state index is 0.279. The number of thiazole rings is 1. The lowest BCUT2D eigenvalue weighted by molar-refractivity contribution is 0.627. The lowest BCUT2D eigenvalue weighted by atomic mass is 10.3. The fourth-order valence-corrected chi connectivity index (χ4v) is 2.84. The maximum Gasteiger partial charge on any atom is 0.201 e. The largest absolute Gasteiger partial charge is 0.369 e. The molecule has 19 heavy (non-hydrogen) atoms. The van der Waals surface area contributed by atoms with Gasteiger partial charge in [0.25, 0.3) is 0 Å². The third-order valence-corrected chi connectivity index (χ3v) is 3.98. The molecule has 0 spiro atoms. The van der Waals surface area contributed by atoms with Gasteiger partial charge < -0.3 is 10.3 Å². The number of hydrogen-bond donors (Lipinski definition) is 1. The standard InChI is InChI=1S/C13H13FN4S/c1-8-7-19-12(16-8)4-5-18-11-6-9(14)2-3-10(11)17-13(18)15/h2-3,6-7H,4-5H2,1H3,(H2,15,17). The van der Waals surface area contributed by atoms with E-state index in [1.54, 1.807) is 17.4 Å². The first kappa shape index (κ1) is 12.1. The Labute approximate surface area is 113 Å². The van der Waals surface area contributed by atoms with E-state index in [0.717, 1.165) is 22.6 Å². The number of hydrogen-bond acceptors (Lipinski definition) is 4. The van der Waals surface area contributed by atoms with Crippen molar-refractivity contribution < 1.29 is 4.39 Å². The molecule has 0 amide bonds. The van der Waals surface area contributed by atoms with Crippen LogP contribution in [0.25, 0.3) is 11.0 Å². The fourth-order valence-electron chi connectivity index (χ4n) is 2.07. The Kier molecular flexibility index (Phi) is 2.94. The van der Waals surface area contributed by atoms with Gasteiger partial charge >= 0.3 is 0 Å². The molecule has 1 aromatic carbocycles. The molecule has 0 aliphatic carbocycles. The minimum Gasteiger partial charge on any atom is -0.369 e. The molecule has 0 saturated heterocycles. The van der Waals surface area contributed by atoms with Crippen LogP contribution in [0.5, 0.6) is 0 Å². The third-order valence-electron chi connectivity index (χ3n) is 2.96. The molecule has 0 radical (unpaired) electrons. The highest BCUT2D eigenvalue weighted by molar-refractivity contribution is 7.09. The van der Waals surface area contributed by atoms with Crippen molar-refractivity contribution in [1.82, 2.24) is 14.5 Å². The average molecular weight is 276 g/mol. The molecule has 2 N–H and O–H groups in total. The molecule has 2 heterocycles. The molecular weight excluding hydrogens is 263 g/mol. The van der Waals surface area contributed by atoms with Crippen molar-refractivity contribution in [2.24, 2.45) is 0 Å². The van der Waals surface area contributed by atoms with Crippen LogP contribution in [-0.4, -0.2) is 14.5 Å². The molecule has 0 atom stereocenters. The summed E-state index contributed by atoms with van der Waals surface area (Å²) in [5, 5.41) is 3.07. The van der Waals surface area contributed by atoms with E-state index in [1.165, 1.54) is 12.1 Å². The molecule has 0 aliphatic heterocycles. The highest BCUT2D eigenvalue weighted by Gasteiger charge is 2.09. The van der Waals surface area contributed by atoms with Crippen LogP contribution in [0.2, 0.25) is 0 Å². The summed E-state index contributed by atoms with van der Waals surface area (Å²) in [6.07, 6.45) is 0.769. The van der Waals surface area contributed by atoms with Crippen LogP contribution in [0.3, 0.4) is 0 Å². The second-order valence-electron chi connectivity index (χ2n) is 4.39. The summed E-state index contributed by atoms with van der Waals surface area (Å²) < 4.78 is 15.1. The number of imidazole rings is 1. The van der Waals surface area contributed by atoms with Gasteiger partial charge in [0.15, 0.2) is 0 Å². The van der Waals surface area contributed by atoms with Gasteiger partial charge in [0, 0.05) is 24.0 Å². The van der Waals surface area contributed by atoms with Crippen LogP contribution in [0.1, 0.15) is 10.7 Å². The van der Waals surface area contributed by atoms with Crippen molar-refractivity contribution in [3.05, 3.63) is 40.1 Å². The van der Waals surface area contributed by atoms with Crippen LogP contribution < -0.4 is 5.73 Å². The number of benzene rings is 1. The monoisotopic (exact) mass is 276 g/mol. The van der Waals surface area contributed by atoms with E-state index in [9.17, 15) is 4.39 Å². The molecule has 0 saturated carbocycles. The lowest BCUT2D eigenvalue weighted by Crippen LogP contribution is -2.05. The van der Waals surface area contributed by atoms with Crippen molar-refractivity contribution in [3.8, 4) is 0 Å². The van der Waals surface area contributed by atoms with Crippen molar-refractivity contribution in [1.29, 1.82) is 0 Å². The van der Waals surface area contributed by atoms with Gasteiger partial charge in [-0.2, -0.15) is 0 Å². The van der Waals surface area contributed by atoms with Crippen molar-refractivity contribution in [2.45, 2.75) is 19.9 Å². The fraction of sp³-hybridized carbons (Fsp3) is 0.231. The smallest absolute Gasteiger partial charge is 0.201 e. The Hall–Kier alpha value is -1.95. The maximum absolute atomic E-state index is 13.3. The maximum atomic E-state index is 13.3. The predicted octanol–water partition coefficient (Wildman–Crippen LogP) is 2.77. The van der Waals surface area contributed by atoms with Gasteiger partial charge in [-0.1, -0.05) is 0 Å². The highest BCUT2D eigenvalue weighted by atomic mass is 32.1. The van der Waals surface area contributed by atoms with Gasteiger partial charge in [-0.15, -0.1) is 11.3 Å². The number of rotatable bonds is 3. The van der Waals surface area contributed by atoms with Gasteiger partial charge in [-0.25, -0.2) is 14.4 Å². The quantitative estimate of drug-likeness (QED) is 0.800. The first-order chi connectivity index (χ1) is 9.13. The average Bonchev–Trinajstić information content (AvgIpc) is 2.90. The number of aromatic nitrogens is 3. The minimum atomic E-state index is -0.279. The Balaban J connectivity index is 1.91. The van der Waals surface area contributed by atoms with Gasteiger partial charge in [0.1, 0.15) is 5.82 Å². The van der Waals surface area contributed by atoms with Crippen molar-refractivity contribution >= 4 is 28.3 Å². The lowest BCUT2D eigenvalue weighted by Gasteiger charge is -2.04. The highest BCUT2D eigenvalue weighted by Crippen LogP contribution is 2.20. The normalized spacial score (nSPS) is 11.3. The van der Waals surface area contributed by atoms with Crippen LogP contribution in [0.15, 0.2) is 23.6 Å². The predicted molar refractivity (Wildman–Crippen MR) is 74.7 cm³/mol. The van der Waals surface area contributed by atoms with Gasteiger partial charge in [-0.3, -0.25) is 0 Å². The molecule has 0 bridgehead atoms. The topological polar surface area (TPSA) is 56.7 Å². The number of nitrogen functional groups attached to an aromatic ring is 1. The zero-order chi connectivity index (χ0) is 13.4. The van der Waals surface area contributed by atoms with Crippen LogP contribution in [-0.2, 0) is 13.0 Å². The van der Waals surface area contributed by atoms with E-state index >= 15 is 0 Å². The van der Waals surface area contributed by atoms with E-state index in [1.807, 2.05) is 16.9 Å². The molecule has 98 valence electrons. The van der Waals surface area contributed by atoms with E-state index in [2.05, 4.69) is 9.97 Å². The summed E-state index contributed by atoms with van der Waals surface area (Å²) in [6, 6.07) is 4.50. The van der Waals surface area contributed by atoms with E-state index in [4.69, 9.17) is 5.73 Å². The Morgan fingerprint density at radius 1 is 1.37 bits per heavy atom. The van der Waals surface area contributed by atoms with E-state index in [-0.39, 0.29) is 5.82 Å². The van der Waals surface area contributed by atoms with Crippen molar-refractivity contribution in [3.63, 3.8) is 0 Å². The molecule has 3 rings (SSSR count). The number of nitrogens with two attached hydrogens (primary N) is 1. The zero-order valence-electron chi connectivity index (χ0n) is 10.4. The van der Waals surface area contributed by atoms with E-state index < -0.39 is 0 Å². The van der Waals surface area contributed by atoms with E-state index in [0.29, 0.717) is 18.0 Å². The summed E-state index contributed by atoms with van der Waals surface area (Å²) >= 11 is 1.63. The van der Waals surface area contributed by atoms with Crippen LogP contribution in [0.4, 0.5) is 10.3 Å². The summed E-state index contributed by atoms with van der Waals surface area (Å²) in [6.45, 7) is 2.62. The summed E-state index contributed by atoms with van der Waals surface area (Å²) in [5.41, 5.74) is 8.35. The first-order valence-corrected chi connectivity index (χ1v) is 6.84. The summed E-state index contributed by atoms with van der Waals surface area (Å²) in [4.78, 5) is 8.64. The number of aryl methyl sites for hydroxylation is 3. The number of anilines is 1. The van der Waals surface area contributed by atoms with Crippen molar-refractivity contribution in [2.75, 3.05) is 5.73 Å². The molecular formula is C13H13FN4S. The Morgan fingerprint density at radius 3 is 2.95 bits per heavy atom. The molecule has 0 fully saturated rings.